The lowest BCUT2D eigenvalue weighted by molar-refractivity contribution is -0.374. The molecule has 0 saturated carbocycles. The highest BCUT2D eigenvalue weighted by Crippen LogP contribution is 2.56. The van der Waals surface area contributed by atoms with Crippen LogP contribution in [-0.4, -0.2) is 96.8 Å². The second-order valence-electron chi connectivity index (χ2n) is 13.1. The van der Waals surface area contributed by atoms with Gasteiger partial charge in [0.2, 0.25) is 23.1 Å². The predicted molar refractivity (Wildman–Crippen MR) is 171 cm³/mol. The van der Waals surface area contributed by atoms with Gasteiger partial charge < -0.3 is 44.5 Å². The van der Waals surface area contributed by atoms with Gasteiger partial charge in [0.15, 0.2) is 6.10 Å². The number of carbonyl (C=O) groups excluding carboxylic acids is 2. The van der Waals surface area contributed by atoms with Crippen molar-refractivity contribution >= 4 is 29.8 Å². The molecule has 0 spiro atoms. The van der Waals surface area contributed by atoms with Crippen molar-refractivity contribution in [2.45, 2.75) is 108 Å². The number of carboxylic acids is 3. The van der Waals surface area contributed by atoms with Crippen molar-refractivity contribution in [2.24, 2.45) is 17.8 Å². The van der Waals surface area contributed by atoms with Crippen LogP contribution in [0.25, 0.3) is 0 Å². The van der Waals surface area contributed by atoms with Crippen LogP contribution in [0.15, 0.2) is 54.6 Å². The lowest BCUT2D eigenvalue weighted by Crippen LogP contribution is -2.78. The van der Waals surface area contributed by atoms with Crippen molar-refractivity contribution in [1.82, 2.24) is 0 Å². The minimum Gasteiger partial charge on any atom is -0.479 e. The zero-order valence-corrected chi connectivity index (χ0v) is 28.2. The van der Waals surface area contributed by atoms with E-state index >= 15 is 0 Å². The average molecular weight is 704 g/mol. The summed E-state index contributed by atoms with van der Waals surface area (Å²) in [7, 11) is 0. The van der Waals surface area contributed by atoms with Crippen LogP contribution >= 0.6 is 0 Å². The molecular formula is C35H46O14. The molecule has 10 atom stereocenters. The van der Waals surface area contributed by atoms with Gasteiger partial charge in [-0.25, -0.2) is 19.2 Å². The Hall–Kier alpha value is -4.11. The Morgan fingerprint density at radius 1 is 1.04 bits per heavy atom. The van der Waals surface area contributed by atoms with Gasteiger partial charge in [0.05, 0.1) is 0 Å². The van der Waals surface area contributed by atoms with E-state index < -0.39 is 77.7 Å². The molecule has 2 heterocycles. The standard InChI is InChI=1S/C35H46O14/c1-7-19(2)17-20(3)13-14-25(37)47-28-27(38)33(48-29(30(39)40)34(45,31(41)42)35(28,49-33)32(43)44)16-15-21(4)26(46-23(6)36)22(5)18-24-11-9-8-10-12-24/h8-14,19-20,22,26-29,38,45H,4,7,15-18H2,1-3,5-6H3,(H,39,40)(H,41,42)(H,43,44)/b14-13+/t19-,20+,22+,26+,27+,28+,29+,33-,34+,35-/m0/s1/i14+1,21+1,24+1,25+1,26+1,27+1,29+1,30+1,31+1,32+1,33+1,34+1,35+1. The molecule has 2 saturated heterocycles. The largest absolute Gasteiger partial charge is 0.479 e. The summed E-state index contributed by atoms with van der Waals surface area (Å²) in [4.78, 5) is 63.0. The molecule has 2 aliphatic rings. The molecule has 5 N–H and O–H groups in total. The Labute approximate surface area is 284 Å². The van der Waals surface area contributed by atoms with Crippen molar-refractivity contribution in [3.8, 4) is 0 Å². The smallest absolute Gasteiger partial charge is 0.344 e. The van der Waals surface area contributed by atoms with Gasteiger partial charge in [0.1, 0.15) is 12.2 Å². The molecule has 0 unspecified atom stereocenters. The minimum atomic E-state index is -3.90. The molecule has 2 fully saturated rings. The van der Waals surface area contributed by atoms with Crippen LogP contribution in [0.3, 0.4) is 0 Å². The molecule has 0 radical (unpaired) electrons. The summed E-state index contributed by atoms with van der Waals surface area (Å²) < 4.78 is 22.0. The Morgan fingerprint density at radius 2 is 1.67 bits per heavy atom. The third-order valence-electron chi connectivity index (χ3n) is 9.29. The second-order valence-corrected chi connectivity index (χ2v) is 13.1. The number of aliphatic carboxylic acids is 3. The Morgan fingerprint density at radius 3 is 2.20 bits per heavy atom. The Kier molecular flexibility index (Phi) is 12.5. The first-order valence-corrected chi connectivity index (χ1v) is 16.1. The number of aliphatic hydroxyl groups excluding tert-OH is 1. The van der Waals surface area contributed by atoms with E-state index in [1.54, 1.807) is 6.92 Å². The van der Waals surface area contributed by atoms with Crippen LogP contribution in [0, 0.1) is 17.8 Å². The van der Waals surface area contributed by atoms with E-state index in [9.17, 15) is 49.5 Å². The molecule has 49 heavy (non-hydrogen) atoms. The zero-order valence-electron chi connectivity index (χ0n) is 28.2. The molecule has 3 rings (SSSR count). The van der Waals surface area contributed by atoms with Gasteiger partial charge in [-0.2, -0.15) is 0 Å². The van der Waals surface area contributed by atoms with E-state index in [4.69, 9.17) is 18.9 Å². The zero-order chi connectivity index (χ0) is 36.9. The number of rotatable bonds is 17. The second kappa shape index (κ2) is 15.6. The lowest BCUT2D eigenvalue weighted by Gasteiger charge is -2.48. The summed E-state index contributed by atoms with van der Waals surface area (Å²) in [6, 6.07) is 9.29. The van der Waals surface area contributed by atoms with Crippen molar-refractivity contribution in [1.29, 1.82) is 0 Å². The number of benzene rings is 1. The number of ether oxygens (including phenoxy) is 4. The highest BCUT2D eigenvalue weighted by atomic mass is 17.0. The maximum absolute atomic E-state index is 13.0. The third-order valence-corrected chi connectivity index (χ3v) is 9.29. The maximum Gasteiger partial charge on any atom is 0.344 e. The summed E-state index contributed by atoms with van der Waals surface area (Å²) in [6.07, 6.45) is -4.83. The molecule has 270 valence electrons. The van der Waals surface area contributed by atoms with Gasteiger partial charge in [-0.15, -0.1) is 0 Å². The van der Waals surface area contributed by atoms with Crippen LogP contribution < -0.4 is 0 Å². The third kappa shape index (κ3) is 7.88. The van der Waals surface area contributed by atoms with Crippen LogP contribution in [0.1, 0.15) is 65.9 Å². The molecule has 0 aromatic heterocycles. The number of fused-ring (bicyclic) bond motifs is 2. The minimum absolute atomic E-state index is 0.123. The van der Waals surface area contributed by atoms with Gasteiger partial charge in [-0.05, 0) is 42.2 Å². The molecule has 14 nitrogen and oxygen atoms in total. The number of allylic oxidation sites excluding steroid dienone is 1. The van der Waals surface area contributed by atoms with E-state index in [0.29, 0.717) is 18.8 Å². The van der Waals surface area contributed by atoms with Crippen molar-refractivity contribution in [2.75, 3.05) is 0 Å². The van der Waals surface area contributed by atoms with E-state index in [1.165, 1.54) is 13.0 Å². The monoisotopic (exact) mass is 703 g/mol. The topological polar surface area (TPSA) is 223 Å². The van der Waals surface area contributed by atoms with Crippen molar-refractivity contribution < 1.29 is 68.5 Å². The molecule has 14 heteroatoms. The van der Waals surface area contributed by atoms with Crippen LogP contribution in [0.4, 0.5) is 0 Å². The van der Waals surface area contributed by atoms with Gasteiger partial charge in [-0.1, -0.05) is 77.1 Å². The number of esters is 2. The van der Waals surface area contributed by atoms with Gasteiger partial charge in [0, 0.05) is 25.3 Å². The first-order valence-electron chi connectivity index (χ1n) is 16.1. The number of aliphatic hydroxyl groups is 2. The fourth-order valence-electron chi connectivity index (χ4n) is 6.58. The van der Waals surface area contributed by atoms with Gasteiger partial charge in [-0.3, -0.25) is 4.79 Å². The first-order chi connectivity index (χ1) is 22.9. The quantitative estimate of drug-likeness (QED) is 0.0681. The summed E-state index contributed by atoms with van der Waals surface area (Å²) in [5, 5.41) is 53.5. The first kappa shape index (κ1) is 39.3. The molecule has 0 aliphatic carbocycles. The number of carbonyl (C=O) groups is 5. The number of hydrogen-bond donors (Lipinski definition) is 5. The van der Waals surface area contributed by atoms with E-state index in [0.717, 1.165) is 18.1 Å². The van der Waals surface area contributed by atoms with Crippen LogP contribution in [0.5, 0.6) is 0 Å². The van der Waals surface area contributed by atoms with Gasteiger partial charge >= 0.3 is 29.8 Å². The summed E-state index contributed by atoms with van der Waals surface area (Å²) in [6.45, 7) is 12.9. The summed E-state index contributed by atoms with van der Waals surface area (Å²) >= 11 is 0. The van der Waals surface area contributed by atoms with E-state index in [2.05, 4.69) is 6.58 Å². The van der Waals surface area contributed by atoms with Crippen molar-refractivity contribution in [3.05, 3.63) is 60.2 Å². The highest BCUT2D eigenvalue weighted by molar-refractivity contribution is 5.98. The molecule has 2 aliphatic heterocycles. The molecule has 1 aromatic carbocycles. The molecule has 0 amide bonds. The maximum atomic E-state index is 13.0. The normalized spacial score (nSPS) is 30.1. The fraction of sp³-hybridized carbons (Fsp3) is 0.571. The molecular weight excluding hydrogens is 657 g/mol. The average Bonchev–Trinajstić information content (AvgIpc) is 3.25. The Bertz CT molecular complexity index is 1440. The molecule has 2 bridgehead atoms. The predicted octanol–water partition coefficient (Wildman–Crippen LogP) is 2.88. The van der Waals surface area contributed by atoms with Gasteiger partial charge in [0.25, 0.3) is 0 Å². The molecule has 1 aromatic rings. The summed E-state index contributed by atoms with van der Waals surface area (Å²) in [5.74, 6) is -11.3. The highest BCUT2D eigenvalue weighted by Gasteiger charge is 2.85. The Balaban J connectivity index is 2.02. The summed E-state index contributed by atoms with van der Waals surface area (Å²) in [5.41, 5.74) is -6.27. The van der Waals surface area contributed by atoms with E-state index in [-0.39, 0.29) is 23.8 Å². The van der Waals surface area contributed by atoms with Crippen molar-refractivity contribution in [3.63, 3.8) is 0 Å². The number of carboxylic acid groups (broad SMARTS) is 3. The fourth-order valence-corrected chi connectivity index (χ4v) is 6.58. The number of hydrogen-bond acceptors (Lipinski definition) is 11. The van der Waals surface area contributed by atoms with Crippen LogP contribution in [-0.2, 0) is 49.3 Å². The van der Waals surface area contributed by atoms with E-state index in [1.807, 2.05) is 51.1 Å². The van der Waals surface area contributed by atoms with Crippen LogP contribution in [0.2, 0.25) is 0 Å². The SMILES string of the molecule is C=[13C](CC[13C@]12O[13C@H]([13C](=O)O)[13C@@](O)([13C](=O)O)[13C@]([13C](=O)O)(O1)[C@H](O[13C](=O)/[13CH]=C/[C@@H](C)C[C@@H](C)CC)[13C@H]2O)[13C@@H](OC(C)=O)[C@H](C)C[13c]1ccccc1. The lowest BCUT2D eigenvalue weighted by atomic mass is 9.96.